The monoisotopic (exact) mass is 470 g/mol. The van der Waals surface area contributed by atoms with Gasteiger partial charge in [0, 0.05) is 23.8 Å². The number of carbonyl (C=O) groups is 1. The Kier molecular flexibility index (Phi) is 6.72. The van der Waals surface area contributed by atoms with Gasteiger partial charge in [0.05, 0.1) is 24.1 Å². The molecule has 5 heteroatoms. The molecule has 0 saturated heterocycles. The number of aryl methyl sites for hydroxylation is 1. The van der Waals surface area contributed by atoms with Crippen LogP contribution in [0.4, 0.5) is 5.69 Å². The summed E-state index contributed by atoms with van der Waals surface area (Å²) in [6.07, 6.45) is 8.58. The van der Waals surface area contributed by atoms with E-state index in [-0.39, 0.29) is 11.3 Å². The number of rotatable bonds is 7. The summed E-state index contributed by atoms with van der Waals surface area (Å²) in [5, 5.41) is 14.3. The molecule has 3 aromatic rings. The lowest BCUT2D eigenvalue weighted by atomic mass is 9.52. The van der Waals surface area contributed by atoms with Crippen molar-refractivity contribution in [3.63, 3.8) is 0 Å². The number of hydrogen-bond donors (Lipinski definition) is 2. The second-order valence-electron chi connectivity index (χ2n) is 10.2. The molecule has 5 rings (SSSR count). The summed E-state index contributed by atoms with van der Waals surface area (Å²) in [5.74, 6) is 0.249. The number of carbonyl (C=O) groups excluding carboxylic acids is 1. The highest BCUT2D eigenvalue weighted by molar-refractivity contribution is 6.04. The topological polar surface area (TPSA) is 71.5 Å². The summed E-state index contributed by atoms with van der Waals surface area (Å²) in [7, 11) is 0. The molecule has 2 aliphatic rings. The molecule has 1 amide bonds. The van der Waals surface area contributed by atoms with E-state index in [1.807, 2.05) is 25.1 Å². The van der Waals surface area contributed by atoms with Crippen molar-refractivity contribution in [3.05, 3.63) is 95.3 Å². The van der Waals surface area contributed by atoms with Crippen LogP contribution in [0, 0.1) is 5.92 Å². The summed E-state index contributed by atoms with van der Waals surface area (Å²) in [6.45, 7) is 3.00. The van der Waals surface area contributed by atoms with Crippen LogP contribution < -0.4 is 5.32 Å². The van der Waals surface area contributed by atoms with E-state index >= 15 is 0 Å². The van der Waals surface area contributed by atoms with Gasteiger partial charge in [-0.05, 0) is 92.3 Å². The first kappa shape index (κ1) is 23.7. The second kappa shape index (κ2) is 9.92. The van der Waals surface area contributed by atoms with Crippen molar-refractivity contribution in [1.82, 2.24) is 4.98 Å². The molecule has 182 valence electrons. The molecule has 2 aliphatic carbocycles. The van der Waals surface area contributed by atoms with Gasteiger partial charge in [-0.15, -0.1) is 0 Å². The van der Waals surface area contributed by atoms with E-state index in [0.29, 0.717) is 30.4 Å². The fourth-order valence-corrected chi connectivity index (χ4v) is 6.26. The van der Waals surface area contributed by atoms with Crippen molar-refractivity contribution in [2.24, 2.45) is 5.92 Å². The quantitative estimate of drug-likeness (QED) is 0.490. The van der Waals surface area contributed by atoms with E-state index in [0.717, 1.165) is 38.5 Å². The Bertz CT molecular complexity index is 1170. The van der Waals surface area contributed by atoms with Gasteiger partial charge >= 0.3 is 0 Å². The number of benzene rings is 2. The van der Waals surface area contributed by atoms with Crippen LogP contribution in [-0.4, -0.2) is 34.8 Å². The number of aromatic nitrogens is 1. The van der Waals surface area contributed by atoms with Crippen LogP contribution in [0.3, 0.4) is 0 Å². The molecule has 0 aliphatic heterocycles. The van der Waals surface area contributed by atoms with Gasteiger partial charge in [0.25, 0.3) is 5.91 Å². The Morgan fingerprint density at radius 1 is 1.14 bits per heavy atom. The number of anilines is 1. The van der Waals surface area contributed by atoms with Crippen molar-refractivity contribution < 1.29 is 14.6 Å². The van der Waals surface area contributed by atoms with E-state index in [1.54, 1.807) is 12.4 Å². The summed E-state index contributed by atoms with van der Waals surface area (Å²) in [6, 6.07) is 20.5. The predicted molar refractivity (Wildman–Crippen MR) is 138 cm³/mol. The lowest BCUT2D eigenvalue weighted by molar-refractivity contribution is -0.0990. The molecule has 1 aromatic heterocycles. The molecule has 35 heavy (non-hydrogen) atoms. The average Bonchev–Trinajstić information content (AvgIpc) is 2.89. The molecule has 1 fully saturated rings. The Morgan fingerprint density at radius 3 is 2.77 bits per heavy atom. The zero-order chi connectivity index (χ0) is 24.3. The molecule has 1 heterocycles. The van der Waals surface area contributed by atoms with Crippen LogP contribution in [0.1, 0.15) is 59.7 Å². The Balaban J connectivity index is 1.47. The lowest BCUT2D eigenvalue weighted by Gasteiger charge is -2.53. The number of nitrogens with one attached hydrogen (secondary N) is 1. The van der Waals surface area contributed by atoms with E-state index in [1.165, 1.54) is 16.7 Å². The molecular formula is C30H34N2O3. The third-order valence-corrected chi connectivity index (χ3v) is 7.97. The van der Waals surface area contributed by atoms with Crippen molar-refractivity contribution in [3.8, 4) is 0 Å². The Hall–Kier alpha value is -3.02. The second-order valence-corrected chi connectivity index (χ2v) is 10.2. The SMILES string of the molecule is CCOC[C@@]1(O)CC[C@@]2(Cc3ccccc3)c3ccc(C(=O)Nc4cccnc4)cc3CC[C@@H]2C1. The minimum atomic E-state index is -0.762. The molecule has 5 nitrogen and oxygen atoms in total. The third-order valence-electron chi connectivity index (χ3n) is 7.97. The molecule has 0 unspecified atom stereocenters. The average molecular weight is 471 g/mol. The fraction of sp³-hybridized carbons (Fsp3) is 0.400. The highest BCUT2D eigenvalue weighted by Crippen LogP contribution is 2.54. The summed E-state index contributed by atoms with van der Waals surface area (Å²) in [4.78, 5) is 17.0. The molecule has 2 N–H and O–H groups in total. The van der Waals surface area contributed by atoms with Crippen molar-refractivity contribution in [2.45, 2.75) is 56.5 Å². The van der Waals surface area contributed by atoms with Gasteiger partial charge in [0.2, 0.25) is 0 Å². The smallest absolute Gasteiger partial charge is 0.255 e. The summed E-state index contributed by atoms with van der Waals surface area (Å²) < 4.78 is 5.67. The summed E-state index contributed by atoms with van der Waals surface area (Å²) in [5.41, 5.74) is 4.47. The van der Waals surface area contributed by atoms with Gasteiger partial charge in [-0.25, -0.2) is 0 Å². The first-order valence-corrected chi connectivity index (χ1v) is 12.7. The molecule has 2 aromatic carbocycles. The van der Waals surface area contributed by atoms with Gasteiger partial charge in [-0.1, -0.05) is 36.4 Å². The maximum atomic E-state index is 13.0. The van der Waals surface area contributed by atoms with Crippen molar-refractivity contribution in [1.29, 1.82) is 0 Å². The van der Waals surface area contributed by atoms with Gasteiger partial charge in [0.15, 0.2) is 0 Å². The van der Waals surface area contributed by atoms with E-state index in [9.17, 15) is 9.90 Å². The maximum absolute atomic E-state index is 13.0. The summed E-state index contributed by atoms with van der Waals surface area (Å²) >= 11 is 0. The lowest BCUT2D eigenvalue weighted by Crippen LogP contribution is -2.52. The number of aliphatic hydroxyl groups is 1. The standard InChI is InChI=1S/C30H34N2O3/c1-2-35-21-29(34)14-15-30(18-22-7-4-3-5-8-22)25(19-29)12-10-23-17-24(11-13-27(23)30)28(33)32-26-9-6-16-31-20-26/h3-9,11,13,16-17,20,25,34H,2,10,12,14-15,18-19,21H2,1H3,(H,32,33)/t25-,29-,30+/m1/s1. The first-order chi connectivity index (χ1) is 17.0. The van der Waals surface area contributed by atoms with Crippen LogP contribution in [0.25, 0.3) is 0 Å². The highest BCUT2D eigenvalue weighted by atomic mass is 16.5. The normalized spacial score (nSPS) is 25.4. The molecular weight excluding hydrogens is 436 g/mol. The minimum absolute atomic E-state index is 0.0499. The van der Waals surface area contributed by atoms with Crippen LogP contribution >= 0.6 is 0 Å². The number of pyridine rings is 1. The third kappa shape index (κ3) is 4.89. The minimum Gasteiger partial charge on any atom is -0.387 e. The van der Waals surface area contributed by atoms with Crippen LogP contribution in [-0.2, 0) is 23.0 Å². The molecule has 1 saturated carbocycles. The number of nitrogens with zero attached hydrogens (tertiary/aromatic N) is 1. The largest absolute Gasteiger partial charge is 0.387 e. The number of hydrogen-bond acceptors (Lipinski definition) is 4. The number of fused-ring (bicyclic) bond motifs is 3. The van der Waals surface area contributed by atoms with Crippen molar-refractivity contribution in [2.75, 3.05) is 18.5 Å². The maximum Gasteiger partial charge on any atom is 0.255 e. The van der Waals surface area contributed by atoms with Crippen LogP contribution in [0.2, 0.25) is 0 Å². The molecule has 0 bridgehead atoms. The van der Waals surface area contributed by atoms with Gasteiger partial charge < -0.3 is 15.2 Å². The number of ether oxygens (including phenoxy) is 1. The van der Waals surface area contributed by atoms with E-state index in [2.05, 4.69) is 52.8 Å². The van der Waals surface area contributed by atoms with Crippen molar-refractivity contribution >= 4 is 11.6 Å². The zero-order valence-electron chi connectivity index (χ0n) is 20.4. The predicted octanol–water partition coefficient (Wildman–Crippen LogP) is 5.33. The van der Waals surface area contributed by atoms with Gasteiger partial charge in [-0.2, -0.15) is 0 Å². The highest BCUT2D eigenvalue weighted by Gasteiger charge is 2.51. The number of amides is 1. The Labute approximate surface area is 207 Å². The van der Waals surface area contributed by atoms with Gasteiger partial charge in [0.1, 0.15) is 0 Å². The van der Waals surface area contributed by atoms with Gasteiger partial charge in [-0.3, -0.25) is 9.78 Å². The van der Waals surface area contributed by atoms with Crippen LogP contribution in [0.15, 0.2) is 73.1 Å². The van der Waals surface area contributed by atoms with E-state index in [4.69, 9.17) is 4.74 Å². The molecule has 0 spiro atoms. The molecule has 3 atom stereocenters. The molecule has 0 radical (unpaired) electrons. The van der Waals surface area contributed by atoms with Crippen LogP contribution in [0.5, 0.6) is 0 Å². The fourth-order valence-electron chi connectivity index (χ4n) is 6.26. The van der Waals surface area contributed by atoms with E-state index < -0.39 is 5.60 Å². The first-order valence-electron chi connectivity index (χ1n) is 12.7. The Morgan fingerprint density at radius 2 is 2.00 bits per heavy atom. The zero-order valence-corrected chi connectivity index (χ0v) is 20.4.